The van der Waals surface area contributed by atoms with Crippen LogP contribution < -0.4 is 0 Å². The number of para-hydroxylation sites is 1. The summed E-state index contributed by atoms with van der Waals surface area (Å²) in [4.78, 5) is 0. The van der Waals surface area contributed by atoms with Crippen molar-refractivity contribution >= 4 is 22.6 Å². The van der Waals surface area contributed by atoms with Gasteiger partial charge in [-0.3, -0.25) is 0 Å². The molecule has 0 aliphatic heterocycles. The lowest BCUT2D eigenvalue weighted by Gasteiger charge is -2.34. The van der Waals surface area contributed by atoms with Crippen molar-refractivity contribution in [3.8, 4) is 17.2 Å². The first-order valence-corrected chi connectivity index (χ1v) is 12.4. The third-order valence-electron chi connectivity index (χ3n) is 6.75. The van der Waals surface area contributed by atoms with Crippen molar-refractivity contribution in [2.24, 2.45) is 0 Å². The molecule has 0 radical (unpaired) electrons. The number of aromatic hydroxyl groups is 3. The lowest BCUT2D eigenvalue weighted by atomic mass is 9.70. The van der Waals surface area contributed by atoms with E-state index in [4.69, 9.17) is 0 Å². The first-order chi connectivity index (χ1) is 15.8. The Kier molecular flexibility index (Phi) is 6.39. The van der Waals surface area contributed by atoms with Gasteiger partial charge in [0.15, 0.2) is 0 Å². The summed E-state index contributed by atoms with van der Waals surface area (Å²) < 4.78 is 0.814. The average molecular weight is 550 g/mol. The SMILES string of the molecule is CC(CI)(c1ccc(C(C)(c2ccc(O)cc2)c2ccc(O)cc2)cc1)c1ccccc1O. The van der Waals surface area contributed by atoms with Crippen LogP contribution in [0.25, 0.3) is 0 Å². The molecule has 1 atom stereocenters. The van der Waals surface area contributed by atoms with Crippen LogP contribution in [-0.4, -0.2) is 19.7 Å². The van der Waals surface area contributed by atoms with Crippen molar-refractivity contribution < 1.29 is 15.3 Å². The highest BCUT2D eigenvalue weighted by Crippen LogP contribution is 2.42. The summed E-state index contributed by atoms with van der Waals surface area (Å²) in [6.07, 6.45) is 0. The zero-order valence-corrected chi connectivity index (χ0v) is 20.8. The van der Waals surface area contributed by atoms with Gasteiger partial charge in [0.1, 0.15) is 17.2 Å². The van der Waals surface area contributed by atoms with Crippen LogP contribution in [0.15, 0.2) is 97.1 Å². The molecule has 0 heterocycles. The van der Waals surface area contributed by atoms with Crippen LogP contribution in [0, 0.1) is 0 Å². The fourth-order valence-corrected chi connectivity index (χ4v) is 5.36. The molecule has 0 amide bonds. The molecule has 1 unspecified atom stereocenters. The van der Waals surface area contributed by atoms with Gasteiger partial charge in [0, 0.05) is 20.8 Å². The third-order valence-corrected chi connectivity index (χ3v) is 8.28. The Morgan fingerprint density at radius 3 is 1.39 bits per heavy atom. The molecule has 0 aliphatic carbocycles. The summed E-state index contributed by atoms with van der Waals surface area (Å²) in [6.45, 7) is 4.31. The van der Waals surface area contributed by atoms with E-state index < -0.39 is 5.41 Å². The van der Waals surface area contributed by atoms with E-state index in [-0.39, 0.29) is 16.9 Å². The number of halogens is 1. The minimum Gasteiger partial charge on any atom is -0.508 e. The predicted molar refractivity (Wildman–Crippen MR) is 142 cm³/mol. The Balaban J connectivity index is 1.83. The number of phenolic OH excluding ortho intramolecular Hbond substituents is 3. The van der Waals surface area contributed by atoms with E-state index in [0.29, 0.717) is 5.75 Å². The van der Waals surface area contributed by atoms with Crippen molar-refractivity contribution in [2.45, 2.75) is 24.7 Å². The van der Waals surface area contributed by atoms with E-state index in [2.05, 4.69) is 60.7 Å². The zero-order valence-electron chi connectivity index (χ0n) is 18.7. The molecular weight excluding hydrogens is 523 g/mol. The molecule has 0 aromatic heterocycles. The highest BCUT2D eigenvalue weighted by Gasteiger charge is 2.34. The molecule has 0 saturated heterocycles. The number of phenols is 3. The lowest BCUT2D eigenvalue weighted by Crippen LogP contribution is -2.27. The van der Waals surface area contributed by atoms with E-state index in [1.54, 1.807) is 30.3 Å². The molecule has 4 aromatic rings. The molecule has 33 heavy (non-hydrogen) atoms. The van der Waals surface area contributed by atoms with Crippen LogP contribution in [0.5, 0.6) is 17.2 Å². The van der Waals surface area contributed by atoms with Crippen LogP contribution in [0.4, 0.5) is 0 Å². The highest BCUT2D eigenvalue weighted by molar-refractivity contribution is 14.1. The normalized spacial score (nSPS) is 13.4. The van der Waals surface area contributed by atoms with Gasteiger partial charge in [-0.25, -0.2) is 0 Å². The van der Waals surface area contributed by atoms with Gasteiger partial charge >= 0.3 is 0 Å². The Morgan fingerprint density at radius 1 is 0.576 bits per heavy atom. The van der Waals surface area contributed by atoms with Crippen molar-refractivity contribution in [3.63, 3.8) is 0 Å². The van der Waals surface area contributed by atoms with Gasteiger partial charge in [0.05, 0.1) is 0 Å². The van der Waals surface area contributed by atoms with Gasteiger partial charge < -0.3 is 15.3 Å². The largest absolute Gasteiger partial charge is 0.508 e. The van der Waals surface area contributed by atoms with Crippen LogP contribution in [0.2, 0.25) is 0 Å². The number of rotatable bonds is 6. The van der Waals surface area contributed by atoms with Gasteiger partial charge in [0.2, 0.25) is 0 Å². The molecule has 0 aliphatic rings. The van der Waals surface area contributed by atoms with Gasteiger partial charge in [-0.15, -0.1) is 0 Å². The molecule has 168 valence electrons. The van der Waals surface area contributed by atoms with Gasteiger partial charge in [-0.2, -0.15) is 0 Å². The van der Waals surface area contributed by atoms with Crippen molar-refractivity contribution in [2.75, 3.05) is 4.43 Å². The standard InChI is InChI=1S/C29H27IO3/c1-28(19-30,26-5-3-4-6-27(26)33)20-7-9-21(10-8-20)29(2,22-11-15-24(31)16-12-22)23-13-17-25(32)18-14-23/h3-18,31-33H,19H2,1-2H3. The molecular formula is C29H27IO3. The summed E-state index contributed by atoms with van der Waals surface area (Å²) in [5, 5.41) is 30.2. The Morgan fingerprint density at radius 2 is 0.970 bits per heavy atom. The smallest absolute Gasteiger partial charge is 0.119 e. The predicted octanol–water partition coefficient (Wildman–Crippen LogP) is 6.90. The minimum absolute atomic E-state index is 0.225. The molecule has 0 saturated carbocycles. The number of alkyl halides is 1. The third kappa shape index (κ3) is 4.20. The molecule has 4 rings (SSSR count). The average Bonchev–Trinajstić information content (AvgIpc) is 2.84. The van der Waals surface area contributed by atoms with E-state index in [1.807, 2.05) is 42.5 Å². The molecule has 4 heteroatoms. The molecule has 3 N–H and O–H groups in total. The van der Waals surface area contributed by atoms with E-state index in [1.165, 1.54) is 0 Å². The van der Waals surface area contributed by atoms with Gasteiger partial charge in [0.25, 0.3) is 0 Å². The van der Waals surface area contributed by atoms with Gasteiger partial charge in [-0.1, -0.05) is 96.2 Å². The summed E-state index contributed by atoms with van der Waals surface area (Å²) in [5.41, 5.74) is 4.38. The summed E-state index contributed by atoms with van der Waals surface area (Å²) in [6, 6.07) is 30.6. The summed E-state index contributed by atoms with van der Waals surface area (Å²) in [5.74, 6) is 0.754. The van der Waals surface area contributed by atoms with E-state index in [0.717, 1.165) is 32.2 Å². The molecule has 0 spiro atoms. The van der Waals surface area contributed by atoms with Gasteiger partial charge in [-0.05, 0) is 59.5 Å². The number of benzene rings is 4. The van der Waals surface area contributed by atoms with Crippen molar-refractivity contribution in [1.82, 2.24) is 0 Å². The Labute approximate surface area is 208 Å². The monoisotopic (exact) mass is 550 g/mol. The molecule has 0 bridgehead atoms. The molecule has 3 nitrogen and oxygen atoms in total. The summed E-state index contributed by atoms with van der Waals surface area (Å²) in [7, 11) is 0. The fourth-order valence-electron chi connectivity index (χ4n) is 4.51. The molecule has 4 aromatic carbocycles. The maximum absolute atomic E-state index is 10.5. The molecule has 0 fully saturated rings. The van der Waals surface area contributed by atoms with E-state index >= 15 is 0 Å². The maximum Gasteiger partial charge on any atom is 0.119 e. The van der Waals surface area contributed by atoms with Crippen LogP contribution in [-0.2, 0) is 10.8 Å². The second-order valence-corrected chi connectivity index (χ2v) is 9.54. The Bertz CT molecular complexity index is 1190. The number of hydrogen-bond donors (Lipinski definition) is 3. The fraction of sp³-hybridized carbons (Fsp3) is 0.172. The number of hydrogen-bond acceptors (Lipinski definition) is 3. The highest BCUT2D eigenvalue weighted by atomic mass is 127. The lowest BCUT2D eigenvalue weighted by molar-refractivity contribution is 0.455. The van der Waals surface area contributed by atoms with Crippen LogP contribution in [0.1, 0.15) is 41.7 Å². The Hall–Kier alpha value is -2.99. The minimum atomic E-state index is -0.491. The van der Waals surface area contributed by atoms with Crippen LogP contribution in [0.3, 0.4) is 0 Å². The topological polar surface area (TPSA) is 60.7 Å². The van der Waals surface area contributed by atoms with E-state index in [9.17, 15) is 15.3 Å². The second-order valence-electron chi connectivity index (χ2n) is 8.78. The maximum atomic E-state index is 10.5. The summed E-state index contributed by atoms with van der Waals surface area (Å²) >= 11 is 2.38. The van der Waals surface area contributed by atoms with Crippen molar-refractivity contribution in [1.29, 1.82) is 0 Å². The van der Waals surface area contributed by atoms with Crippen molar-refractivity contribution in [3.05, 3.63) is 125 Å². The second kappa shape index (κ2) is 9.10. The zero-order chi connectivity index (χ0) is 23.6. The quantitative estimate of drug-likeness (QED) is 0.139. The first kappa shape index (κ1) is 23.2. The first-order valence-electron chi connectivity index (χ1n) is 10.8. The van der Waals surface area contributed by atoms with Crippen LogP contribution >= 0.6 is 22.6 Å².